The van der Waals surface area contributed by atoms with Crippen molar-refractivity contribution in [2.24, 2.45) is 5.73 Å². The molecule has 2 heterocycles. The number of carbonyl (C=O) groups excluding carboxylic acids is 2. The quantitative estimate of drug-likeness (QED) is 0.563. The van der Waals surface area contributed by atoms with Gasteiger partial charge in [-0.3, -0.25) is 9.69 Å². The van der Waals surface area contributed by atoms with Crippen LogP contribution in [0.3, 0.4) is 0 Å². The number of ether oxygens (including phenoxy) is 1. The summed E-state index contributed by atoms with van der Waals surface area (Å²) in [5.41, 5.74) is 8.75. The van der Waals surface area contributed by atoms with Crippen LogP contribution in [0.15, 0.2) is 84.1 Å². The molecule has 2 aliphatic heterocycles. The number of thioether (sulfide) groups is 1. The molecule has 156 valence electrons. The predicted molar refractivity (Wildman–Crippen MR) is 121 cm³/mol. The molecule has 7 heteroatoms. The zero-order valence-electron chi connectivity index (χ0n) is 16.4. The molecule has 0 bridgehead atoms. The second-order valence-electron chi connectivity index (χ2n) is 6.92. The van der Waals surface area contributed by atoms with Gasteiger partial charge in [0.1, 0.15) is 17.1 Å². The van der Waals surface area contributed by atoms with E-state index in [0.717, 1.165) is 16.7 Å². The van der Waals surface area contributed by atoms with Crippen molar-refractivity contribution in [2.45, 2.75) is 24.4 Å². The number of halogens is 1. The second-order valence-corrected chi connectivity index (χ2v) is 8.02. The lowest BCUT2D eigenvalue weighted by atomic mass is 10.0. The van der Waals surface area contributed by atoms with Gasteiger partial charge in [-0.1, -0.05) is 72.8 Å². The molecule has 4 rings (SSSR count). The molecule has 2 atom stereocenters. The van der Waals surface area contributed by atoms with E-state index in [0.29, 0.717) is 11.4 Å². The van der Waals surface area contributed by atoms with Crippen LogP contribution in [0.25, 0.3) is 0 Å². The molecule has 0 aliphatic carbocycles. The second kappa shape index (κ2) is 9.51. The molecule has 2 aromatic carbocycles. The SMILES string of the molecule is C/C=C\C1=C(C(=O)OC(c2ccccc2)c2ccccc2)N2C(=O)[C@@H](N)[C@H]2SC1.Cl. The normalized spacial score (nSPS) is 20.6. The first-order chi connectivity index (χ1) is 14.1. The Hall–Kier alpha value is -2.54. The molecule has 30 heavy (non-hydrogen) atoms. The number of hydrogen-bond acceptors (Lipinski definition) is 5. The lowest BCUT2D eigenvalue weighted by molar-refractivity contribution is -0.153. The van der Waals surface area contributed by atoms with E-state index in [1.165, 1.54) is 4.90 Å². The van der Waals surface area contributed by atoms with E-state index in [-0.39, 0.29) is 23.7 Å². The molecule has 2 N–H and O–H groups in total. The third kappa shape index (κ3) is 4.03. The highest BCUT2D eigenvalue weighted by molar-refractivity contribution is 8.00. The number of allylic oxidation sites excluding steroid dienone is 2. The van der Waals surface area contributed by atoms with Crippen LogP contribution in [0.1, 0.15) is 24.2 Å². The van der Waals surface area contributed by atoms with Crippen LogP contribution in [0, 0.1) is 0 Å². The van der Waals surface area contributed by atoms with Crippen LogP contribution in [-0.4, -0.2) is 33.9 Å². The van der Waals surface area contributed by atoms with Gasteiger partial charge in [-0.25, -0.2) is 4.79 Å². The van der Waals surface area contributed by atoms with E-state index < -0.39 is 18.1 Å². The zero-order valence-corrected chi connectivity index (χ0v) is 18.1. The fourth-order valence-corrected chi connectivity index (χ4v) is 4.87. The maximum absolute atomic E-state index is 13.3. The first-order valence-electron chi connectivity index (χ1n) is 9.48. The van der Waals surface area contributed by atoms with Gasteiger partial charge in [0.25, 0.3) is 0 Å². The highest BCUT2D eigenvalue weighted by Crippen LogP contribution is 2.41. The Morgan fingerprint density at radius 1 is 1.13 bits per heavy atom. The Balaban J connectivity index is 0.00000256. The summed E-state index contributed by atoms with van der Waals surface area (Å²) >= 11 is 1.57. The maximum Gasteiger partial charge on any atom is 0.356 e. The molecule has 5 nitrogen and oxygen atoms in total. The van der Waals surface area contributed by atoms with Crippen molar-refractivity contribution in [3.8, 4) is 0 Å². The van der Waals surface area contributed by atoms with Crippen molar-refractivity contribution in [2.75, 3.05) is 5.75 Å². The van der Waals surface area contributed by atoms with Gasteiger partial charge in [0.05, 0.1) is 0 Å². The van der Waals surface area contributed by atoms with Gasteiger partial charge in [-0.2, -0.15) is 0 Å². The summed E-state index contributed by atoms with van der Waals surface area (Å²) in [5, 5.41) is -0.217. The monoisotopic (exact) mass is 442 g/mol. The molecular formula is C23H23ClN2O3S. The molecule has 0 unspecified atom stereocenters. The van der Waals surface area contributed by atoms with Crippen LogP contribution in [0.5, 0.6) is 0 Å². The third-order valence-corrected chi connectivity index (χ3v) is 6.35. The Labute approximate surface area is 186 Å². The van der Waals surface area contributed by atoms with Gasteiger partial charge in [0.2, 0.25) is 5.91 Å². The average Bonchev–Trinajstić information content (AvgIpc) is 2.77. The molecule has 2 aromatic rings. The molecule has 0 saturated carbocycles. The van der Waals surface area contributed by atoms with Crippen molar-refractivity contribution < 1.29 is 14.3 Å². The summed E-state index contributed by atoms with van der Waals surface area (Å²) < 4.78 is 6.00. The van der Waals surface area contributed by atoms with Crippen molar-refractivity contribution in [1.82, 2.24) is 4.90 Å². The number of carbonyl (C=O) groups is 2. The fraction of sp³-hybridized carbons (Fsp3) is 0.217. The van der Waals surface area contributed by atoms with Crippen molar-refractivity contribution in [1.29, 1.82) is 0 Å². The highest BCUT2D eigenvalue weighted by Gasteiger charge is 2.52. The molecule has 0 radical (unpaired) electrons. The number of hydrogen-bond donors (Lipinski definition) is 1. The van der Waals surface area contributed by atoms with E-state index >= 15 is 0 Å². The van der Waals surface area contributed by atoms with Gasteiger partial charge in [0, 0.05) is 5.75 Å². The van der Waals surface area contributed by atoms with Crippen LogP contribution in [0.2, 0.25) is 0 Å². The lowest BCUT2D eigenvalue weighted by Crippen LogP contribution is -2.68. The summed E-state index contributed by atoms with van der Waals surface area (Å²) in [4.78, 5) is 27.2. The number of amides is 1. The fourth-order valence-electron chi connectivity index (χ4n) is 3.61. The van der Waals surface area contributed by atoms with Crippen molar-refractivity contribution >= 4 is 36.0 Å². The minimum Gasteiger partial charge on any atom is -0.448 e. The van der Waals surface area contributed by atoms with Crippen molar-refractivity contribution in [3.05, 3.63) is 95.2 Å². The first-order valence-corrected chi connectivity index (χ1v) is 10.5. The van der Waals surface area contributed by atoms with Gasteiger partial charge < -0.3 is 10.5 Å². The van der Waals surface area contributed by atoms with Gasteiger partial charge >= 0.3 is 5.97 Å². The molecule has 0 spiro atoms. The summed E-state index contributed by atoms with van der Waals surface area (Å²) in [6, 6.07) is 18.6. The number of rotatable bonds is 5. The van der Waals surface area contributed by atoms with E-state index in [1.807, 2.05) is 79.7 Å². The summed E-state index contributed by atoms with van der Waals surface area (Å²) in [6.45, 7) is 1.88. The topological polar surface area (TPSA) is 72.6 Å². The first kappa shape index (κ1) is 22.2. The largest absolute Gasteiger partial charge is 0.448 e. The van der Waals surface area contributed by atoms with E-state index in [2.05, 4.69) is 0 Å². The number of nitrogens with two attached hydrogens (primary N) is 1. The Morgan fingerprint density at radius 3 is 2.23 bits per heavy atom. The number of nitrogens with zero attached hydrogens (tertiary/aromatic N) is 1. The molecule has 2 aliphatic rings. The number of β-lactam (4-membered cyclic amide) rings is 1. The summed E-state index contributed by atoms with van der Waals surface area (Å²) in [7, 11) is 0. The maximum atomic E-state index is 13.3. The minimum absolute atomic E-state index is 0. The Morgan fingerprint density at radius 2 is 1.70 bits per heavy atom. The van der Waals surface area contributed by atoms with Gasteiger partial charge in [-0.05, 0) is 23.6 Å². The summed E-state index contributed by atoms with van der Waals surface area (Å²) in [6.07, 6.45) is 3.15. The highest BCUT2D eigenvalue weighted by atomic mass is 35.5. The molecular weight excluding hydrogens is 420 g/mol. The zero-order chi connectivity index (χ0) is 20.4. The van der Waals surface area contributed by atoms with Crippen LogP contribution in [0.4, 0.5) is 0 Å². The smallest absolute Gasteiger partial charge is 0.356 e. The lowest BCUT2D eigenvalue weighted by Gasteiger charge is -2.48. The van der Waals surface area contributed by atoms with Gasteiger partial charge in [-0.15, -0.1) is 24.2 Å². The predicted octanol–water partition coefficient (Wildman–Crippen LogP) is 3.81. The molecule has 1 saturated heterocycles. The Kier molecular flexibility index (Phi) is 7.02. The molecule has 0 aromatic heterocycles. The third-order valence-electron chi connectivity index (χ3n) is 5.03. The number of benzene rings is 2. The number of fused-ring (bicyclic) bond motifs is 1. The standard InChI is InChI=1S/C23H22N2O3S.ClH/c1-2-9-17-14-29-22-18(24)21(26)25(22)19(17)23(27)28-20(15-10-5-3-6-11-15)16-12-7-4-8-13-16;/h2-13,18,20,22H,14,24H2,1H3;1H/b9-2-;/t18-,22-;/m1./s1. The van der Waals surface area contributed by atoms with E-state index in [1.54, 1.807) is 11.8 Å². The van der Waals surface area contributed by atoms with Gasteiger partial charge in [0.15, 0.2) is 6.10 Å². The van der Waals surface area contributed by atoms with Crippen LogP contribution in [-0.2, 0) is 14.3 Å². The molecule has 1 amide bonds. The Bertz CT molecular complexity index is 939. The van der Waals surface area contributed by atoms with Crippen molar-refractivity contribution in [3.63, 3.8) is 0 Å². The number of esters is 1. The van der Waals surface area contributed by atoms with Crippen LogP contribution >= 0.6 is 24.2 Å². The van der Waals surface area contributed by atoms with Crippen LogP contribution < -0.4 is 5.73 Å². The van der Waals surface area contributed by atoms with E-state index in [4.69, 9.17) is 10.5 Å². The molecule has 1 fully saturated rings. The average molecular weight is 443 g/mol. The minimum atomic E-state index is -0.575. The summed E-state index contributed by atoms with van der Waals surface area (Å²) in [5.74, 6) is -0.147. The van der Waals surface area contributed by atoms with E-state index in [9.17, 15) is 9.59 Å².